The lowest BCUT2D eigenvalue weighted by Gasteiger charge is -2.17. The number of carbonyl (C=O) groups excluding carboxylic acids is 2. The number of hydrogen-bond donors (Lipinski definition) is 0. The van der Waals surface area contributed by atoms with E-state index in [1.807, 2.05) is 0 Å². The Morgan fingerprint density at radius 2 is 2.16 bits per heavy atom. The van der Waals surface area contributed by atoms with Crippen molar-refractivity contribution in [2.75, 3.05) is 6.61 Å². The highest BCUT2D eigenvalue weighted by molar-refractivity contribution is 5.97. The van der Waals surface area contributed by atoms with Gasteiger partial charge in [-0.05, 0) is 32.9 Å². The Morgan fingerprint density at radius 3 is 2.68 bits per heavy atom. The standard InChI is InChI=1S/C14H16O5/c1-4-17-14(16)13-12(10-6-5-7-18-10)11(8(2)15)9(3)19-13/h5-7,12-13H,4H2,1-3H3/t12-,13-/m0/s1. The highest BCUT2D eigenvalue weighted by atomic mass is 16.6. The van der Waals surface area contributed by atoms with E-state index in [2.05, 4.69) is 0 Å². The molecule has 5 nitrogen and oxygen atoms in total. The van der Waals surface area contributed by atoms with Gasteiger partial charge in [-0.2, -0.15) is 0 Å². The summed E-state index contributed by atoms with van der Waals surface area (Å²) in [5.74, 6) is -0.177. The lowest BCUT2D eigenvalue weighted by molar-refractivity contribution is -0.153. The van der Waals surface area contributed by atoms with Crippen molar-refractivity contribution in [2.45, 2.75) is 32.8 Å². The number of esters is 1. The van der Waals surface area contributed by atoms with Crippen molar-refractivity contribution in [1.29, 1.82) is 0 Å². The SMILES string of the molecule is CCOC(=O)[C@H]1OC(C)=C(C(C)=O)[C@@H]1c1ccco1. The number of ketones is 1. The molecule has 1 aromatic rings. The third-order valence-corrected chi connectivity index (χ3v) is 3.04. The van der Waals surface area contributed by atoms with Crippen LogP contribution in [0.25, 0.3) is 0 Å². The summed E-state index contributed by atoms with van der Waals surface area (Å²) in [6.45, 7) is 5.11. The molecule has 2 heterocycles. The normalized spacial score (nSPS) is 22.3. The highest BCUT2D eigenvalue weighted by Crippen LogP contribution is 2.40. The molecule has 0 fully saturated rings. The average Bonchev–Trinajstić information content (AvgIpc) is 2.95. The summed E-state index contributed by atoms with van der Waals surface area (Å²) in [5, 5.41) is 0. The Hall–Kier alpha value is -2.04. The topological polar surface area (TPSA) is 65.7 Å². The molecule has 0 N–H and O–H groups in total. The first-order valence-corrected chi connectivity index (χ1v) is 6.14. The summed E-state index contributed by atoms with van der Waals surface area (Å²) in [4.78, 5) is 23.7. The van der Waals surface area contributed by atoms with Crippen LogP contribution in [-0.4, -0.2) is 24.5 Å². The molecule has 0 spiro atoms. The molecule has 1 aliphatic heterocycles. The van der Waals surface area contributed by atoms with Crippen molar-refractivity contribution < 1.29 is 23.5 Å². The van der Waals surface area contributed by atoms with E-state index >= 15 is 0 Å². The van der Waals surface area contributed by atoms with Gasteiger partial charge in [0.1, 0.15) is 11.5 Å². The maximum atomic E-state index is 11.9. The molecule has 0 saturated carbocycles. The fraction of sp³-hybridized carbons (Fsp3) is 0.429. The number of furan rings is 1. The van der Waals surface area contributed by atoms with E-state index in [0.29, 0.717) is 17.1 Å². The van der Waals surface area contributed by atoms with Gasteiger partial charge in [-0.25, -0.2) is 4.79 Å². The zero-order chi connectivity index (χ0) is 14.0. The van der Waals surface area contributed by atoms with Crippen molar-refractivity contribution in [3.05, 3.63) is 35.5 Å². The second-order valence-corrected chi connectivity index (χ2v) is 4.31. The fourth-order valence-electron chi connectivity index (χ4n) is 2.33. The zero-order valence-electron chi connectivity index (χ0n) is 11.1. The molecule has 0 aliphatic carbocycles. The molecular formula is C14H16O5. The van der Waals surface area contributed by atoms with Crippen LogP contribution in [0.3, 0.4) is 0 Å². The van der Waals surface area contributed by atoms with Gasteiger partial charge in [0.2, 0.25) is 6.10 Å². The molecule has 0 unspecified atom stereocenters. The van der Waals surface area contributed by atoms with Crippen molar-refractivity contribution >= 4 is 11.8 Å². The molecule has 0 radical (unpaired) electrons. The van der Waals surface area contributed by atoms with Crippen LogP contribution in [0.15, 0.2) is 34.1 Å². The van der Waals surface area contributed by atoms with Crippen molar-refractivity contribution in [3.63, 3.8) is 0 Å². The molecule has 0 amide bonds. The third kappa shape index (κ3) is 2.41. The predicted octanol–water partition coefficient (Wildman–Crippen LogP) is 2.19. The summed E-state index contributed by atoms with van der Waals surface area (Å²) in [7, 11) is 0. The fourth-order valence-corrected chi connectivity index (χ4v) is 2.33. The maximum Gasteiger partial charge on any atom is 0.348 e. The Kier molecular flexibility index (Phi) is 3.74. The van der Waals surface area contributed by atoms with Gasteiger partial charge in [0.15, 0.2) is 5.78 Å². The Morgan fingerprint density at radius 1 is 1.42 bits per heavy atom. The number of carbonyl (C=O) groups is 2. The van der Waals surface area contributed by atoms with Gasteiger partial charge in [-0.15, -0.1) is 0 Å². The molecule has 1 aromatic heterocycles. The minimum atomic E-state index is -0.856. The first kappa shape index (κ1) is 13.4. The van der Waals surface area contributed by atoms with Crippen molar-refractivity contribution in [1.82, 2.24) is 0 Å². The first-order valence-electron chi connectivity index (χ1n) is 6.14. The molecule has 5 heteroatoms. The number of hydrogen-bond acceptors (Lipinski definition) is 5. The summed E-state index contributed by atoms with van der Waals surface area (Å²) in [5.41, 5.74) is 0.466. The molecule has 102 valence electrons. The number of allylic oxidation sites excluding steroid dienone is 1. The quantitative estimate of drug-likeness (QED) is 0.780. The number of ether oxygens (including phenoxy) is 2. The largest absolute Gasteiger partial charge is 0.482 e. The number of Topliss-reactive ketones (excluding diaryl/α,β-unsaturated/α-hetero) is 1. The molecular weight excluding hydrogens is 248 g/mol. The molecule has 19 heavy (non-hydrogen) atoms. The summed E-state index contributed by atoms with van der Waals surface area (Å²) in [6, 6.07) is 3.44. The molecule has 0 saturated heterocycles. The maximum absolute atomic E-state index is 11.9. The van der Waals surface area contributed by atoms with Gasteiger partial charge in [-0.1, -0.05) is 0 Å². The minimum Gasteiger partial charge on any atom is -0.482 e. The second kappa shape index (κ2) is 5.30. The van der Waals surface area contributed by atoms with Crippen LogP contribution in [0.5, 0.6) is 0 Å². The zero-order valence-corrected chi connectivity index (χ0v) is 11.1. The van der Waals surface area contributed by atoms with Gasteiger partial charge in [0.05, 0.1) is 18.8 Å². The smallest absolute Gasteiger partial charge is 0.348 e. The van der Waals surface area contributed by atoms with E-state index < -0.39 is 18.0 Å². The average molecular weight is 264 g/mol. The van der Waals surface area contributed by atoms with E-state index in [0.717, 1.165) is 0 Å². The van der Waals surface area contributed by atoms with Crippen LogP contribution in [0.2, 0.25) is 0 Å². The van der Waals surface area contributed by atoms with Crippen molar-refractivity contribution in [3.8, 4) is 0 Å². The first-order chi connectivity index (χ1) is 9.06. The predicted molar refractivity (Wildman–Crippen MR) is 66.3 cm³/mol. The van der Waals surface area contributed by atoms with Crippen molar-refractivity contribution in [2.24, 2.45) is 0 Å². The van der Waals surface area contributed by atoms with Crippen LogP contribution in [0.1, 0.15) is 32.4 Å². The van der Waals surface area contributed by atoms with Crippen LogP contribution < -0.4 is 0 Å². The molecule has 1 aliphatic rings. The minimum absolute atomic E-state index is 0.134. The van der Waals surface area contributed by atoms with Gasteiger partial charge in [-0.3, -0.25) is 4.79 Å². The van der Waals surface area contributed by atoms with Crippen LogP contribution in [0, 0.1) is 0 Å². The van der Waals surface area contributed by atoms with E-state index in [4.69, 9.17) is 13.9 Å². The second-order valence-electron chi connectivity index (χ2n) is 4.31. The summed E-state index contributed by atoms with van der Waals surface area (Å²) >= 11 is 0. The van der Waals surface area contributed by atoms with Gasteiger partial charge in [0.25, 0.3) is 0 Å². The lowest BCUT2D eigenvalue weighted by Crippen LogP contribution is -2.29. The van der Waals surface area contributed by atoms with Crippen LogP contribution in [0.4, 0.5) is 0 Å². The van der Waals surface area contributed by atoms with E-state index in [1.165, 1.54) is 13.2 Å². The summed E-state index contributed by atoms with van der Waals surface area (Å²) in [6.07, 6.45) is 0.646. The third-order valence-electron chi connectivity index (χ3n) is 3.04. The molecule has 0 aromatic carbocycles. The summed E-state index contributed by atoms with van der Waals surface area (Å²) < 4.78 is 15.8. The van der Waals surface area contributed by atoms with Crippen LogP contribution >= 0.6 is 0 Å². The monoisotopic (exact) mass is 264 g/mol. The lowest BCUT2D eigenvalue weighted by atomic mass is 9.90. The van der Waals surface area contributed by atoms with Gasteiger partial charge in [0, 0.05) is 5.57 Å². The van der Waals surface area contributed by atoms with Crippen LogP contribution in [-0.2, 0) is 19.1 Å². The Bertz CT molecular complexity index is 512. The van der Waals surface area contributed by atoms with Gasteiger partial charge >= 0.3 is 5.97 Å². The molecule has 0 bridgehead atoms. The van der Waals surface area contributed by atoms with E-state index in [-0.39, 0.29) is 12.4 Å². The molecule has 2 atom stereocenters. The van der Waals surface area contributed by atoms with E-state index in [9.17, 15) is 9.59 Å². The number of rotatable bonds is 4. The highest BCUT2D eigenvalue weighted by Gasteiger charge is 2.45. The Balaban J connectivity index is 2.38. The molecule has 2 rings (SSSR count). The Labute approximate surface area is 111 Å². The van der Waals surface area contributed by atoms with Gasteiger partial charge < -0.3 is 13.9 Å². The van der Waals surface area contributed by atoms with E-state index in [1.54, 1.807) is 26.0 Å².